The van der Waals surface area contributed by atoms with Gasteiger partial charge in [-0.05, 0) is 24.6 Å². The van der Waals surface area contributed by atoms with E-state index >= 15 is 0 Å². The molecule has 2 rings (SSSR count). The number of amides is 1. The summed E-state index contributed by atoms with van der Waals surface area (Å²) in [5, 5.41) is 15.3. The Balaban J connectivity index is 2.07. The monoisotopic (exact) mass is 306 g/mol. The molecule has 1 atom stereocenters. The first-order chi connectivity index (χ1) is 10.4. The number of nitrogens with one attached hydrogen (secondary N) is 1. The second-order valence-electron chi connectivity index (χ2n) is 4.88. The quantitative estimate of drug-likeness (QED) is 0.851. The number of carboxylic acids is 1. The van der Waals surface area contributed by atoms with Gasteiger partial charge < -0.3 is 14.9 Å². The molecule has 0 unspecified atom stereocenters. The molecule has 0 fully saturated rings. The fourth-order valence-electron chi connectivity index (χ4n) is 2.03. The molecule has 0 radical (unpaired) electrons. The summed E-state index contributed by atoms with van der Waals surface area (Å²) in [5.41, 5.74) is 0.983. The zero-order chi connectivity index (χ0) is 16.1. The highest BCUT2D eigenvalue weighted by atomic mass is 19.1. The summed E-state index contributed by atoms with van der Waals surface area (Å²) in [6, 6.07) is 6.23. The number of halogens is 1. The summed E-state index contributed by atoms with van der Waals surface area (Å²) in [7, 11) is 0. The molecule has 1 amide bonds. The fourth-order valence-corrected chi connectivity index (χ4v) is 2.03. The van der Waals surface area contributed by atoms with Crippen LogP contribution < -0.4 is 5.32 Å². The van der Waals surface area contributed by atoms with Gasteiger partial charge in [-0.2, -0.15) is 0 Å². The molecule has 0 saturated carbocycles. The van der Waals surface area contributed by atoms with Crippen LogP contribution in [0.25, 0.3) is 0 Å². The number of carbonyl (C=O) groups is 2. The highest BCUT2D eigenvalue weighted by Gasteiger charge is 2.19. The van der Waals surface area contributed by atoms with E-state index in [1.165, 1.54) is 24.3 Å². The molecular formula is C15H15FN2O4. The van der Waals surface area contributed by atoms with Crippen LogP contribution in [0.4, 0.5) is 4.39 Å². The Hall–Kier alpha value is -2.70. The fraction of sp³-hybridized carbons (Fsp3) is 0.267. The van der Waals surface area contributed by atoms with Gasteiger partial charge in [0, 0.05) is 6.07 Å². The third-order valence-electron chi connectivity index (χ3n) is 3.00. The first kappa shape index (κ1) is 15.7. The van der Waals surface area contributed by atoms with Crippen molar-refractivity contribution < 1.29 is 23.6 Å². The number of rotatable bonds is 6. The molecule has 0 aliphatic heterocycles. The first-order valence-corrected chi connectivity index (χ1v) is 6.63. The third kappa shape index (κ3) is 4.41. The molecule has 116 valence electrons. The molecule has 1 aromatic heterocycles. The van der Waals surface area contributed by atoms with E-state index in [1.807, 2.05) is 0 Å². The second-order valence-corrected chi connectivity index (χ2v) is 4.88. The zero-order valence-electron chi connectivity index (χ0n) is 11.9. The van der Waals surface area contributed by atoms with Crippen LogP contribution in [0, 0.1) is 12.7 Å². The molecule has 6 nitrogen and oxygen atoms in total. The van der Waals surface area contributed by atoms with E-state index < -0.39 is 17.8 Å². The summed E-state index contributed by atoms with van der Waals surface area (Å²) in [5.74, 6) is -1.29. The molecule has 2 aromatic rings. The molecule has 1 aromatic carbocycles. The second kappa shape index (κ2) is 6.84. The van der Waals surface area contributed by atoms with E-state index in [0.717, 1.165) is 0 Å². The van der Waals surface area contributed by atoms with Gasteiger partial charge in [0.1, 0.15) is 11.6 Å². The number of hydrogen-bond donors (Lipinski definition) is 2. The Kier molecular flexibility index (Phi) is 4.88. The average Bonchev–Trinajstić information content (AvgIpc) is 2.83. The molecule has 0 bridgehead atoms. The van der Waals surface area contributed by atoms with Gasteiger partial charge in [0.15, 0.2) is 0 Å². The van der Waals surface area contributed by atoms with Crippen molar-refractivity contribution in [2.24, 2.45) is 0 Å². The van der Waals surface area contributed by atoms with Crippen LogP contribution in [-0.2, 0) is 16.0 Å². The third-order valence-corrected chi connectivity index (χ3v) is 3.00. The number of aliphatic carboxylic acids is 1. The Labute approximate surface area is 125 Å². The Morgan fingerprint density at radius 2 is 2.05 bits per heavy atom. The summed E-state index contributed by atoms with van der Waals surface area (Å²) in [6.45, 7) is 1.71. The Bertz CT molecular complexity index is 666. The SMILES string of the molecule is Cc1cc(CC(=O)N[C@H](CC(=O)O)c2ccc(F)cc2)no1. The van der Waals surface area contributed by atoms with Crippen LogP contribution in [0.15, 0.2) is 34.9 Å². The summed E-state index contributed by atoms with van der Waals surface area (Å²) < 4.78 is 17.8. The van der Waals surface area contributed by atoms with Gasteiger partial charge in [0.05, 0.1) is 24.6 Å². The lowest BCUT2D eigenvalue weighted by molar-refractivity contribution is -0.137. The molecule has 2 N–H and O–H groups in total. The van der Waals surface area contributed by atoms with Gasteiger partial charge in [-0.3, -0.25) is 9.59 Å². The van der Waals surface area contributed by atoms with Crippen molar-refractivity contribution in [3.05, 3.63) is 53.2 Å². The highest BCUT2D eigenvalue weighted by molar-refractivity contribution is 5.79. The van der Waals surface area contributed by atoms with Crippen LogP contribution >= 0.6 is 0 Å². The zero-order valence-corrected chi connectivity index (χ0v) is 11.9. The Morgan fingerprint density at radius 3 is 2.59 bits per heavy atom. The van der Waals surface area contributed by atoms with Crippen molar-refractivity contribution in [3.8, 4) is 0 Å². The minimum atomic E-state index is -1.06. The normalized spacial score (nSPS) is 11.9. The minimum absolute atomic E-state index is 0.0192. The van der Waals surface area contributed by atoms with Gasteiger partial charge in [-0.25, -0.2) is 4.39 Å². The summed E-state index contributed by atoms with van der Waals surface area (Å²) in [4.78, 5) is 22.9. The van der Waals surface area contributed by atoms with E-state index in [9.17, 15) is 14.0 Å². The van der Waals surface area contributed by atoms with Gasteiger partial charge in [0.2, 0.25) is 5.91 Å². The predicted molar refractivity (Wildman–Crippen MR) is 74.5 cm³/mol. The first-order valence-electron chi connectivity index (χ1n) is 6.63. The van der Waals surface area contributed by atoms with Gasteiger partial charge in [-0.1, -0.05) is 17.3 Å². The standard InChI is InChI=1S/C15H15FN2O4/c1-9-6-12(18-22-9)7-14(19)17-13(8-15(20)21)10-2-4-11(16)5-3-10/h2-6,13H,7-8H2,1H3,(H,17,19)(H,20,21)/t13-/m1/s1. The number of nitrogens with zero attached hydrogens (tertiary/aromatic N) is 1. The minimum Gasteiger partial charge on any atom is -0.481 e. The van der Waals surface area contributed by atoms with E-state index in [0.29, 0.717) is 17.0 Å². The van der Waals surface area contributed by atoms with Crippen molar-refractivity contribution in [3.63, 3.8) is 0 Å². The Morgan fingerprint density at radius 1 is 1.36 bits per heavy atom. The molecule has 0 aliphatic carbocycles. The van der Waals surface area contributed by atoms with Crippen LogP contribution in [-0.4, -0.2) is 22.1 Å². The van der Waals surface area contributed by atoms with E-state index in [2.05, 4.69) is 10.5 Å². The molecule has 7 heteroatoms. The molecule has 0 spiro atoms. The van der Waals surface area contributed by atoms with E-state index in [4.69, 9.17) is 9.63 Å². The van der Waals surface area contributed by atoms with Gasteiger partial charge >= 0.3 is 5.97 Å². The number of aromatic nitrogens is 1. The lowest BCUT2D eigenvalue weighted by Gasteiger charge is -2.17. The maximum atomic E-state index is 12.9. The molecular weight excluding hydrogens is 291 g/mol. The average molecular weight is 306 g/mol. The van der Waals surface area contributed by atoms with Crippen LogP contribution in [0.2, 0.25) is 0 Å². The predicted octanol–water partition coefficient (Wildman–Crippen LogP) is 2.00. The number of benzene rings is 1. The van der Waals surface area contributed by atoms with Gasteiger partial charge in [-0.15, -0.1) is 0 Å². The van der Waals surface area contributed by atoms with Crippen molar-refractivity contribution in [1.82, 2.24) is 10.5 Å². The van der Waals surface area contributed by atoms with Crippen LogP contribution in [0.1, 0.15) is 29.5 Å². The summed E-state index contributed by atoms with van der Waals surface area (Å²) in [6.07, 6.45) is -0.316. The van der Waals surface area contributed by atoms with Crippen molar-refractivity contribution >= 4 is 11.9 Å². The smallest absolute Gasteiger partial charge is 0.305 e. The van der Waals surface area contributed by atoms with Gasteiger partial charge in [0.25, 0.3) is 0 Å². The van der Waals surface area contributed by atoms with Crippen LogP contribution in [0.3, 0.4) is 0 Å². The maximum absolute atomic E-state index is 12.9. The molecule has 0 saturated heterocycles. The number of carbonyl (C=O) groups excluding carboxylic acids is 1. The largest absolute Gasteiger partial charge is 0.481 e. The number of carboxylic acid groups (broad SMARTS) is 1. The van der Waals surface area contributed by atoms with Crippen molar-refractivity contribution in [2.45, 2.75) is 25.8 Å². The van der Waals surface area contributed by atoms with E-state index in [1.54, 1.807) is 13.0 Å². The lowest BCUT2D eigenvalue weighted by atomic mass is 10.0. The molecule has 0 aliphatic rings. The highest BCUT2D eigenvalue weighted by Crippen LogP contribution is 2.18. The maximum Gasteiger partial charge on any atom is 0.305 e. The van der Waals surface area contributed by atoms with Crippen LogP contribution in [0.5, 0.6) is 0 Å². The number of hydrogen-bond acceptors (Lipinski definition) is 4. The number of aryl methyl sites for hydroxylation is 1. The summed E-state index contributed by atoms with van der Waals surface area (Å²) >= 11 is 0. The van der Waals surface area contributed by atoms with E-state index in [-0.39, 0.29) is 18.7 Å². The topological polar surface area (TPSA) is 92.4 Å². The van der Waals surface area contributed by atoms with Crippen molar-refractivity contribution in [1.29, 1.82) is 0 Å². The van der Waals surface area contributed by atoms with Crippen molar-refractivity contribution in [2.75, 3.05) is 0 Å². The lowest BCUT2D eigenvalue weighted by Crippen LogP contribution is -2.31. The molecule has 1 heterocycles. The molecule has 22 heavy (non-hydrogen) atoms.